The van der Waals surface area contributed by atoms with E-state index in [1.807, 2.05) is 18.2 Å². The lowest BCUT2D eigenvalue weighted by Gasteiger charge is -2.12. The van der Waals surface area contributed by atoms with Crippen LogP contribution in [0.2, 0.25) is 0 Å². The van der Waals surface area contributed by atoms with Crippen molar-refractivity contribution >= 4 is 45.1 Å². The van der Waals surface area contributed by atoms with Crippen LogP contribution in [0, 0.1) is 3.70 Å². The maximum atomic E-state index is 13.1. The minimum atomic E-state index is -4.43. The molecule has 26 heavy (non-hydrogen) atoms. The average molecular weight is 469 g/mol. The van der Waals surface area contributed by atoms with Gasteiger partial charge in [0.2, 0.25) is 5.91 Å². The number of hydrogen-bond donors (Lipinski definition) is 2. The number of carbonyl (C=O) groups excluding carboxylic acids is 1. The second-order valence-electron chi connectivity index (χ2n) is 6.75. The van der Waals surface area contributed by atoms with Crippen molar-refractivity contribution in [1.29, 1.82) is 0 Å². The second-order valence-corrected chi connectivity index (χ2v) is 7.83. The number of H-pyrrole nitrogens is 1. The Kier molecular flexibility index (Phi) is 3.09. The number of carbonyl (C=O) groups is 1. The molecule has 1 amide bonds. The topological polar surface area (TPSA) is 57.8 Å². The molecule has 2 N–H and O–H groups in total. The monoisotopic (exact) mass is 469 g/mol. The Labute approximate surface area is 159 Å². The molecule has 0 bridgehead atoms. The molecule has 8 heteroatoms. The van der Waals surface area contributed by atoms with Crippen molar-refractivity contribution in [2.24, 2.45) is 0 Å². The van der Waals surface area contributed by atoms with Gasteiger partial charge < -0.3 is 5.32 Å². The highest BCUT2D eigenvalue weighted by atomic mass is 127. The third kappa shape index (κ3) is 2.07. The minimum Gasteiger partial charge on any atom is -0.325 e. The predicted molar refractivity (Wildman–Crippen MR) is 97.9 cm³/mol. The summed E-state index contributed by atoms with van der Waals surface area (Å²) in [6.07, 6.45) is -3.93. The Balaban J connectivity index is 1.59. The number of fused-ring (bicyclic) bond motifs is 3. The molecule has 1 spiro atoms. The van der Waals surface area contributed by atoms with Gasteiger partial charge in [-0.3, -0.25) is 9.89 Å². The van der Waals surface area contributed by atoms with E-state index in [9.17, 15) is 18.0 Å². The third-order valence-corrected chi connectivity index (χ3v) is 6.20. The first-order valence-electron chi connectivity index (χ1n) is 7.97. The number of aromatic nitrogens is 2. The molecule has 0 saturated heterocycles. The van der Waals surface area contributed by atoms with Crippen LogP contribution in [0.1, 0.15) is 29.0 Å². The van der Waals surface area contributed by atoms with Crippen molar-refractivity contribution in [3.8, 4) is 0 Å². The number of nitrogens with zero attached hydrogens (tertiary/aromatic N) is 1. The molecule has 2 heterocycles. The SMILES string of the molecule is O=C1Nc2ccc(C(F)(F)F)cc2C12C[C@H]2c1ccc2c(I)[nH]nc2c1. The number of benzene rings is 2. The lowest BCUT2D eigenvalue weighted by Crippen LogP contribution is -2.21. The molecule has 1 aliphatic carbocycles. The number of nitrogens with one attached hydrogen (secondary N) is 2. The van der Waals surface area contributed by atoms with E-state index in [0.717, 1.165) is 32.3 Å². The summed E-state index contributed by atoms with van der Waals surface area (Å²) < 4.78 is 40.2. The molecule has 132 valence electrons. The summed E-state index contributed by atoms with van der Waals surface area (Å²) >= 11 is 2.16. The van der Waals surface area contributed by atoms with Crippen molar-refractivity contribution in [2.45, 2.75) is 23.9 Å². The van der Waals surface area contributed by atoms with Gasteiger partial charge in [-0.15, -0.1) is 0 Å². The average Bonchev–Trinajstić information content (AvgIpc) is 3.16. The van der Waals surface area contributed by atoms with Gasteiger partial charge in [0.15, 0.2) is 0 Å². The van der Waals surface area contributed by atoms with Crippen LogP contribution in [-0.2, 0) is 16.4 Å². The summed E-state index contributed by atoms with van der Waals surface area (Å²) in [6.45, 7) is 0. The van der Waals surface area contributed by atoms with Gasteiger partial charge in [-0.2, -0.15) is 18.3 Å². The number of rotatable bonds is 1. The van der Waals surface area contributed by atoms with Crippen LogP contribution in [0.15, 0.2) is 36.4 Å². The van der Waals surface area contributed by atoms with Gasteiger partial charge in [-0.1, -0.05) is 6.07 Å². The van der Waals surface area contributed by atoms with Gasteiger partial charge in [0.1, 0.15) is 3.70 Å². The molecule has 1 aromatic heterocycles. The van der Waals surface area contributed by atoms with Gasteiger partial charge in [0, 0.05) is 17.0 Å². The van der Waals surface area contributed by atoms with Gasteiger partial charge in [-0.05, 0) is 70.5 Å². The lowest BCUT2D eigenvalue weighted by atomic mass is 9.90. The Morgan fingerprint density at radius 1 is 1.19 bits per heavy atom. The Bertz CT molecular complexity index is 1090. The van der Waals surface area contributed by atoms with E-state index >= 15 is 0 Å². The van der Waals surface area contributed by atoms with Gasteiger partial charge >= 0.3 is 6.18 Å². The first-order chi connectivity index (χ1) is 12.3. The molecule has 1 saturated carbocycles. The largest absolute Gasteiger partial charge is 0.416 e. The van der Waals surface area contributed by atoms with Gasteiger partial charge in [0.05, 0.1) is 16.5 Å². The summed E-state index contributed by atoms with van der Waals surface area (Å²) in [4.78, 5) is 12.6. The molecule has 3 aromatic rings. The number of aromatic amines is 1. The van der Waals surface area contributed by atoms with E-state index < -0.39 is 17.2 Å². The van der Waals surface area contributed by atoms with Crippen LogP contribution in [0.4, 0.5) is 18.9 Å². The molecule has 5 rings (SSSR count). The fourth-order valence-electron chi connectivity index (χ4n) is 3.98. The standard InChI is InChI=1S/C18H11F3IN3O/c19-18(20,21)9-2-4-13-11(6-9)17(16(26)23-13)7-12(17)8-1-3-10-14(5-8)24-25-15(10)22/h1-6,12H,7H2,(H,23,26)(H,24,25)/t12-,17?/m0/s1. The van der Waals surface area contributed by atoms with Crippen molar-refractivity contribution in [3.63, 3.8) is 0 Å². The first-order valence-corrected chi connectivity index (χ1v) is 9.05. The summed E-state index contributed by atoms with van der Waals surface area (Å²) in [5, 5.41) is 10.9. The highest BCUT2D eigenvalue weighted by Gasteiger charge is 2.65. The fraction of sp³-hybridized carbons (Fsp3) is 0.222. The maximum Gasteiger partial charge on any atom is 0.416 e. The van der Waals surface area contributed by atoms with Crippen LogP contribution in [0.25, 0.3) is 10.9 Å². The van der Waals surface area contributed by atoms with Gasteiger partial charge in [0.25, 0.3) is 0 Å². The third-order valence-electron chi connectivity index (χ3n) is 5.38. The zero-order valence-electron chi connectivity index (χ0n) is 13.1. The Morgan fingerprint density at radius 2 is 2.00 bits per heavy atom. The second kappa shape index (κ2) is 4.99. The summed E-state index contributed by atoms with van der Waals surface area (Å²) in [7, 11) is 0. The molecule has 2 atom stereocenters. The number of amides is 1. The molecule has 1 aliphatic heterocycles. The summed E-state index contributed by atoms with van der Waals surface area (Å²) in [5.41, 5.74) is 0.987. The van der Waals surface area contributed by atoms with E-state index in [-0.39, 0.29) is 11.8 Å². The van der Waals surface area contributed by atoms with Crippen LogP contribution in [-0.4, -0.2) is 16.1 Å². The zero-order chi connectivity index (χ0) is 18.3. The van der Waals surface area contributed by atoms with Crippen LogP contribution in [0.5, 0.6) is 0 Å². The molecule has 4 nitrogen and oxygen atoms in total. The summed E-state index contributed by atoms with van der Waals surface area (Å²) in [5.74, 6) is -0.375. The Morgan fingerprint density at radius 3 is 2.77 bits per heavy atom. The Hall–Kier alpha value is -2.10. The fourth-order valence-corrected chi connectivity index (χ4v) is 4.56. The van der Waals surface area contributed by atoms with E-state index in [2.05, 4.69) is 38.1 Å². The molecular formula is C18H11F3IN3O. The number of halogens is 4. The normalized spacial score (nSPS) is 24.2. The zero-order valence-corrected chi connectivity index (χ0v) is 15.3. The highest BCUT2D eigenvalue weighted by molar-refractivity contribution is 14.1. The lowest BCUT2D eigenvalue weighted by molar-refractivity contribution is -0.137. The van der Waals surface area contributed by atoms with Crippen LogP contribution >= 0.6 is 22.6 Å². The number of alkyl halides is 3. The van der Waals surface area contributed by atoms with Crippen LogP contribution < -0.4 is 5.32 Å². The minimum absolute atomic E-state index is 0.147. The molecule has 1 fully saturated rings. The molecule has 0 radical (unpaired) electrons. The van der Waals surface area contributed by atoms with Crippen molar-refractivity contribution in [3.05, 3.63) is 56.8 Å². The van der Waals surface area contributed by atoms with E-state index in [0.29, 0.717) is 17.7 Å². The van der Waals surface area contributed by atoms with Gasteiger partial charge in [-0.25, -0.2) is 0 Å². The first kappa shape index (κ1) is 16.1. The predicted octanol–water partition coefficient (Wildman–Crippen LogP) is 4.56. The summed E-state index contributed by atoms with van der Waals surface area (Å²) in [6, 6.07) is 9.24. The highest BCUT2D eigenvalue weighted by Crippen LogP contribution is 2.65. The van der Waals surface area contributed by atoms with Crippen molar-refractivity contribution < 1.29 is 18.0 Å². The molecule has 2 aliphatic rings. The van der Waals surface area contributed by atoms with E-state index in [1.54, 1.807) is 0 Å². The molecule has 2 aromatic carbocycles. The van der Waals surface area contributed by atoms with E-state index in [4.69, 9.17) is 0 Å². The van der Waals surface area contributed by atoms with E-state index in [1.165, 1.54) is 6.07 Å². The smallest absolute Gasteiger partial charge is 0.325 e. The molecule has 1 unspecified atom stereocenters. The van der Waals surface area contributed by atoms with Crippen LogP contribution in [0.3, 0.4) is 0 Å². The van der Waals surface area contributed by atoms with Crippen molar-refractivity contribution in [1.82, 2.24) is 10.2 Å². The van der Waals surface area contributed by atoms with Crippen molar-refractivity contribution in [2.75, 3.05) is 5.32 Å². The quantitative estimate of drug-likeness (QED) is 0.514. The number of hydrogen-bond acceptors (Lipinski definition) is 2. The molecular weight excluding hydrogens is 458 g/mol. The maximum absolute atomic E-state index is 13.1. The number of anilines is 1.